The minimum absolute atomic E-state index is 0.103. The second kappa shape index (κ2) is 7.77. The van der Waals surface area contributed by atoms with Crippen LogP contribution in [0.1, 0.15) is 22.1 Å². The second-order valence-corrected chi connectivity index (χ2v) is 9.07. The van der Waals surface area contributed by atoms with Crippen molar-refractivity contribution in [3.63, 3.8) is 0 Å². The van der Waals surface area contributed by atoms with Crippen molar-refractivity contribution >= 4 is 43.8 Å². The van der Waals surface area contributed by atoms with Gasteiger partial charge in [-0.15, -0.1) is 6.58 Å². The zero-order valence-corrected chi connectivity index (χ0v) is 17.4. The van der Waals surface area contributed by atoms with E-state index in [1.54, 1.807) is 18.2 Å². The Labute approximate surface area is 177 Å². The molecule has 158 valence electrons. The highest BCUT2D eigenvalue weighted by atomic mass is 32.2. The number of para-hydroxylation sites is 1. The number of hydrogen-bond donors (Lipinski definition) is 2. The molecule has 5 nitrogen and oxygen atoms in total. The highest BCUT2D eigenvalue weighted by Gasteiger charge is 2.39. The molecule has 0 amide bonds. The van der Waals surface area contributed by atoms with Crippen molar-refractivity contribution < 1.29 is 21.6 Å². The fourth-order valence-electron chi connectivity index (χ4n) is 3.26. The number of H-pyrrole nitrogens is 1. The van der Waals surface area contributed by atoms with E-state index in [0.717, 1.165) is 22.5 Å². The average Bonchev–Trinajstić information content (AvgIpc) is 3.12. The number of aromatic nitrogens is 1. The van der Waals surface area contributed by atoms with Crippen LogP contribution < -0.4 is 10.0 Å². The van der Waals surface area contributed by atoms with Crippen molar-refractivity contribution in [3.8, 4) is 0 Å². The molecule has 3 rings (SSSR count). The zero-order valence-electron chi connectivity index (χ0n) is 15.8. The molecular formula is C20H18F3N3O2S2. The summed E-state index contributed by atoms with van der Waals surface area (Å²) in [6.07, 6.45) is -3.72. The van der Waals surface area contributed by atoms with Crippen LogP contribution in [0.2, 0.25) is 0 Å². The van der Waals surface area contributed by atoms with Crippen LogP contribution in [0.4, 0.5) is 18.9 Å². The first kappa shape index (κ1) is 21.8. The van der Waals surface area contributed by atoms with Crippen LogP contribution in [0.25, 0.3) is 10.9 Å². The lowest BCUT2D eigenvalue weighted by Gasteiger charge is -2.26. The maximum Gasteiger partial charge on any atom is 0.416 e. The fourth-order valence-corrected chi connectivity index (χ4v) is 4.90. The molecule has 10 heteroatoms. The van der Waals surface area contributed by atoms with Gasteiger partial charge in [0.2, 0.25) is 10.0 Å². The van der Waals surface area contributed by atoms with Crippen LogP contribution in [-0.4, -0.2) is 25.4 Å². The highest BCUT2D eigenvalue weighted by molar-refractivity contribution is 7.93. The van der Waals surface area contributed by atoms with Gasteiger partial charge in [-0.1, -0.05) is 48.6 Å². The molecule has 2 aromatic carbocycles. The molecule has 0 aliphatic rings. The van der Waals surface area contributed by atoms with Gasteiger partial charge in [-0.05, 0) is 23.8 Å². The summed E-state index contributed by atoms with van der Waals surface area (Å²) >= 11 is 4.95. The summed E-state index contributed by atoms with van der Waals surface area (Å²) in [4.78, 5) is 3.07. The minimum Gasteiger partial charge on any atom is -0.388 e. The SMILES string of the molecule is C=CC(c1ccccc1C(F)(F)F)S(=O)(=O)N(C)c1cccc2cc(C(N)=S)[nH]c12. The molecule has 3 aromatic rings. The zero-order chi connectivity index (χ0) is 22.3. The van der Waals surface area contributed by atoms with Crippen LogP contribution in [0, 0.1) is 0 Å². The van der Waals surface area contributed by atoms with E-state index in [1.807, 2.05) is 0 Å². The van der Waals surface area contributed by atoms with E-state index >= 15 is 0 Å². The van der Waals surface area contributed by atoms with Crippen molar-refractivity contribution in [1.29, 1.82) is 0 Å². The number of nitrogens with two attached hydrogens (primary N) is 1. The topological polar surface area (TPSA) is 79.2 Å². The summed E-state index contributed by atoms with van der Waals surface area (Å²) in [5, 5.41) is -0.955. The van der Waals surface area contributed by atoms with Crippen molar-refractivity contribution in [2.75, 3.05) is 11.4 Å². The van der Waals surface area contributed by atoms with Gasteiger partial charge in [0.1, 0.15) is 10.2 Å². The van der Waals surface area contributed by atoms with Gasteiger partial charge < -0.3 is 10.7 Å². The molecular weight excluding hydrogens is 435 g/mol. The Morgan fingerprint density at radius 1 is 1.23 bits per heavy atom. The van der Waals surface area contributed by atoms with Gasteiger partial charge in [-0.25, -0.2) is 8.42 Å². The highest BCUT2D eigenvalue weighted by Crippen LogP contribution is 2.39. The molecule has 30 heavy (non-hydrogen) atoms. The van der Waals surface area contributed by atoms with Gasteiger partial charge in [0.25, 0.3) is 0 Å². The maximum atomic E-state index is 13.5. The third kappa shape index (κ3) is 3.80. The molecule has 1 aromatic heterocycles. The number of nitrogens with one attached hydrogen (secondary N) is 1. The van der Waals surface area contributed by atoms with E-state index in [0.29, 0.717) is 16.6 Å². The van der Waals surface area contributed by atoms with Gasteiger partial charge in [0.05, 0.1) is 22.5 Å². The Kier molecular flexibility index (Phi) is 5.66. The molecule has 3 N–H and O–H groups in total. The quantitative estimate of drug-likeness (QED) is 0.425. The average molecular weight is 454 g/mol. The van der Waals surface area contributed by atoms with Gasteiger partial charge >= 0.3 is 6.18 Å². The van der Waals surface area contributed by atoms with Crippen LogP contribution in [0.3, 0.4) is 0 Å². The summed E-state index contributed by atoms with van der Waals surface area (Å²) in [6, 6.07) is 11.1. The lowest BCUT2D eigenvalue weighted by Crippen LogP contribution is -2.32. The summed E-state index contributed by atoms with van der Waals surface area (Å²) in [6.45, 7) is 3.48. The Bertz CT molecular complexity index is 1230. The first-order valence-electron chi connectivity index (χ1n) is 8.66. The first-order valence-corrected chi connectivity index (χ1v) is 10.6. The van der Waals surface area contributed by atoms with E-state index in [4.69, 9.17) is 18.0 Å². The predicted molar refractivity (Wildman–Crippen MR) is 116 cm³/mol. The largest absolute Gasteiger partial charge is 0.416 e. The fraction of sp³-hybridized carbons (Fsp3) is 0.150. The van der Waals surface area contributed by atoms with Gasteiger partial charge in [-0.3, -0.25) is 4.31 Å². The Morgan fingerprint density at radius 2 is 1.90 bits per heavy atom. The van der Waals surface area contributed by atoms with E-state index < -0.39 is 32.6 Å². The molecule has 0 radical (unpaired) electrons. The summed E-state index contributed by atoms with van der Waals surface area (Å²) < 4.78 is 68.1. The number of thiocarbonyl (C=S) groups is 1. The summed E-state index contributed by atoms with van der Waals surface area (Å²) in [5.41, 5.74) is 5.35. The minimum atomic E-state index is -4.71. The Morgan fingerprint density at radius 3 is 2.50 bits per heavy atom. The molecule has 0 aliphatic carbocycles. The molecule has 1 atom stereocenters. The summed E-state index contributed by atoms with van der Waals surface area (Å²) in [7, 11) is -3.04. The number of alkyl halides is 3. The van der Waals surface area contributed by atoms with Crippen molar-refractivity contribution in [3.05, 3.63) is 78.0 Å². The number of rotatable bonds is 6. The number of aromatic amines is 1. The number of nitrogens with zero attached hydrogens (tertiary/aromatic N) is 1. The number of sulfonamides is 1. The van der Waals surface area contributed by atoms with Crippen LogP contribution in [0.15, 0.2) is 61.2 Å². The van der Waals surface area contributed by atoms with E-state index in [2.05, 4.69) is 11.6 Å². The molecule has 0 saturated heterocycles. The Balaban J connectivity index is 2.15. The van der Waals surface area contributed by atoms with E-state index in [-0.39, 0.29) is 10.7 Å². The molecule has 0 saturated carbocycles. The molecule has 0 fully saturated rings. The van der Waals surface area contributed by atoms with E-state index in [1.165, 1.54) is 25.2 Å². The smallest absolute Gasteiger partial charge is 0.388 e. The normalized spacial score (nSPS) is 13.2. The van der Waals surface area contributed by atoms with Crippen LogP contribution >= 0.6 is 12.2 Å². The third-order valence-electron chi connectivity index (χ3n) is 4.73. The molecule has 0 spiro atoms. The number of anilines is 1. The van der Waals surface area contributed by atoms with Gasteiger partial charge in [0, 0.05) is 12.4 Å². The lowest BCUT2D eigenvalue weighted by molar-refractivity contribution is -0.138. The maximum absolute atomic E-state index is 13.5. The standard InChI is InChI=1S/C20H18F3N3O2S2/c1-3-17(13-8-4-5-9-14(13)20(21,22)23)30(27,28)26(2)16-10-6-7-12-11-15(19(24)29)25-18(12)16/h3-11,17,25H,1H2,2H3,(H2,24,29). The number of fused-ring (bicyclic) bond motifs is 1. The lowest BCUT2D eigenvalue weighted by atomic mass is 10.0. The molecule has 0 aliphatic heterocycles. The Hall–Kier alpha value is -2.85. The van der Waals surface area contributed by atoms with Crippen molar-refractivity contribution in [1.82, 2.24) is 4.98 Å². The van der Waals surface area contributed by atoms with Gasteiger partial charge in [-0.2, -0.15) is 13.2 Å². The first-order chi connectivity index (χ1) is 14.0. The van der Waals surface area contributed by atoms with Crippen LogP contribution in [-0.2, 0) is 16.2 Å². The monoisotopic (exact) mass is 453 g/mol. The van der Waals surface area contributed by atoms with Gasteiger partial charge in [0.15, 0.2) is 0 Å². The molecule has 1 heterocycles. The second-order valence-electron chi connectivity index (χ2n) is 6.54. The van der Waals surface area contributed by atoms with E-state index in [9.17, 15) is 21.6 Å². The number of halogens is 3. The predicted octanol–water partition coefficient (Wildman–Crippen LogP) is 4.51. The number of benzene rings is 2. The van der Waals surface area contributed by atoms with Crippen molar-refractivity contribution in [2.24, 2.45) is 5.73 Å². The van der Waals surface area contributed by atoms with Crippen LogP contribution in [0.5, 0.6) is 0 Å². The molecule has 1 unspecified atom stereocenters. The number of hydrogen-bond acceptors (Lipinski definition) is 3. The third-order valence-corrected chi connectivity index (χ3v) is 7.00. The summed E-state index contributed by atoms with van der Waals surface area (Å²) in [5.74, 6) is 0. The molecule has 0 bridgehead atoms. The van der Waals surface area contributed by atoms with Crippen molar-refractivity contribution in [2.45, 2.75) is 11.4 Å².